The molecule has 0 amide bonds. The van der Waals surface area contributed by atoms with Crippen LogP contribution >= 0.6 is 27.7 Å². The van der Waals surface area contributed by atoms with Crippen LogP contribution in [0.15, 0.2) is 56.6 Å². The van der Waals surface area contributed by atoms with Gasteiger partial charge in [-0.3, -0.25) is 0 Å². The third-order valence-electron chi connectivity index (χ3n) is 3.85. The number of halogens is 2. The number of aryl methyl sites for hydroxylation is 2. The van der Waals surface area contributed by atoms with Crippen LogP contribution in [0, 0.1) is 5.82 Å². The number of nitrogens with zero attached hydrogens (tertiary/aromatic N) is 3. The lowest BCUT2D eigenvalue weighted by Gasteiger charge is -2.02. The summed E-state index contributed by atoms with van der Waals surface area (Å²) in [5, 5.41) is 8.51. The van der Waals surface area contributed by atoms with Gasteiger partial charge in [0.05, 0.1) is 15.5 Å². The fourth-order valence-corrected chi connectivity index (χ4v) is 3.71. The number of H-pyrrole nitrogens is 1. The van der Waals surface area contributed by atoms with Crippen LogP contribution in [0.1, 0.15) is 17.3 Å². The molecule has 5 nitrogen and oxygen atoms in total. The maximum Gasteiger partial charge on any atom is 0.276 e. The van der Waals surface area contributed by atoms with E-state index in [2.05, 4.69) is 36.1 Å². The molecule has 4 aromatic rings. The summed E-state index contributed by atoms with van der Waals surface area (Å²) in [5.74, 6) is 1.60. The molecule has 132 valence electrons. The van der Waals surface area contributed by atoms with Crippen molar-refractivity contribution in [1.29, 1.82) is 0 Å². The lowest BCUT2D eigenvalue weighted by atomic mass is 10.2. The standard InChI is InChI=1S/C18H14BrFN4OS/c19-12-5-3-4-11(17(12)20)10-26-18-24-23-16(25-18)9-8-15-21-13-6-1-2-7-14(13)22-15/h1-7H,8-10H2,(H,21,22). The Kier molecular flexibility index (Phi) is 5.03. The van der Waals surface area contributed by atoms with E-state index < -0.39 is 0 Å². The number of hydrogen-bond acceptors (Lipinski definition) is 5. The Balaban J connectivity index is 1.36. The highest BCUT2D eigenvalue weighted by Gasteiger charge is 2.11. The molecule has 0 saturated carbocycles. The molecule has 2 aromatic heterocycles. The average molecular weight is 433 g/mol. The van der Waals surface area contributed by atoms with Gasteiger partial charge < -0.3 is 9.40 Å². The zero-order valence-corrected chi connectivity index (χ0v) is 16.0. The van der Waals surface area contributed by atoms with Crippen molar-refractivity contribution in [3.8, 4) is 0 Å². The number of imidazole rings is 1. The van der Waals surface area contributed by atoms with E-state index in [0.717, 1.165) is 16.9 Å². The number of benzene rings is 2. The van der Waals surface area contributed by atoms with Gasteiger partial charge in [-0.1, -0.05) is 36.0 Å². The van der Waals surface area contributed by atoms with E-state index in [1.165, 1.54) is 11.8 Å². The Morgan fingerprint density at radius 2 is 1.96 bits per heavy atom. The summed E-state index contributed by atoms with van der Waals surface area (Å²) in [6.07, 6.45) is 1.28. The maximum absolute atomic E-state index is 14.0. The van der Waals surface area contributed by atoms with Gasteiger partial charge in [0.1, 0.15) is 11.6 Å². The number of fused-ring (bicyclic) bond motifs is 1. The third kappa shape index (κ3) is 3.81. The minimum Gasteiger partial charge on any atom is -0.416 e. The van der Waals surface area contributed by atoms with Gasteiger partial charge in [-0.05, 0) is 39.7 Å². The van der Waals surface area contributed by atoms with Crippen molar-refractivity contribution in [1.82, 2.24) is 20.2 Å². The molecular formula is C18H14BrFN4OS. The highest BCUT2D eigenvalue weighted by Crippen LogP contribution is 2.26. The smallest absolute Gasteiger partial charge is 0.276 e. The number of hydrogen-bond donors (Lipinski definition) is 1. The van der Waals surface area contributed by atoms with Crippen LogP contribution in [0.5, 0.6) is 0 Å². The first kappa shape index (κ1) is 17.2. The number of aromatic amines is 1. The minimum atomic E-state index is -0.260. The molecule has 0 fully saturated rings. The summed E-state index contributed by atoms with van der Waals surface area (Å²) in [6, 6.07) is 13.1. The first-order chi connectivity index (χ1) is 12.7. The fraction of sp³-hybridized carbons (Fsp3) is 0.167. The molecule has 0 aliphatic carbocycles. The first-order valence-corrected chi connectivity index (χ1v) is 9.78. The van der Waals surface area contributed by atoms with Crippen LogP contribution < -0.4 is 0 Å². The van der Waals surface area contributed by atoms with Gasteiger partial charge in [-0.15, -0.1) is 10.2 Å². The van der Waals surface area contributed by atoms with Gasteiger partial charge in [0.2, 0.25) is 5.89 Å². The summed E-state index contributed by atoms with van der Waals surface area (Å²) in [7, 11) is 0. The van der Waals surface area contributed by atoms with Gasteiger partial charge in [-0.25, -0.2) is 9.37 Å². The Bertz CT molecular complexity index is 1020. The number of nitrogens with one attached hydrogen (secondary N) is 1. The highest BCUT2D eigenvalue weighted by atomic mass is 79.9. The van der Waals surface area contributed by atoms with Crippen molar-refractivity contribution in [3.63, 3.8) is 0 Å². The number of rotatable bonds is 6. The van der Waals surface area contributed by atoms with E-state index in [0.29, 0.717) is 39.7 Å². The van der Waals surface area contributed by atoms with Crippen molar-refractivity contribution in [3.05, 3.63) is 70.0 Å². The summed E-state index contributed by atoms with van der Waals surface area (Å²) >= 11 is 4.51. The van der Waals surface area contributed by atoms with E-state index >= 15 is 0 Å². The van der Waals surface area contributed by atoms with Crippen molar-refractivity contribution < 1.29 is 8.81 Å². The largest absolute Gasteiger partial charge is 0.416 e. The molecule has 0 atom stereocenters. The summed E-state index contributed by atoms with van der Waals surface area (Å²) < 4.78 is 20.1. The minimum absolute atomic E-state index is 0.260. The Hall–Kier alpha value is -2.19. The number of para-hydroxylation sites is 2. The van der Waals surface area contributed by atoms with Crippen LogP contribution in [0.3, 0.4) is 0 Å². The van der Waals surface area contributed by atoms with E-state index in [9.17, 15) is 4.39 Å². The first-order valence-electron chi connectivity index (χ1n) is 8.01. The predicted octanol–water partition coefficient (Wildman–Crippen LogP) is 4.93. The average Bonchev–Trinajstić information content (AvgIpc) is 3.27. The lowest BCUT2D eigenvalue weighted by Crippen LogP contribution is -1.93. The maximum atomic E-state index is 14.0. The van der Waals surface area contributed by atoms with Gasteiger partial charge in [-0.2, -0.15) is 0 Å². The molecule has 8 heteroatoms. The predicted molar refractivity (Wildman–Crippen MR) is 101 cm³/mol. The molecule has 0 saturated heterocycles. The SMILES string of the molecule is Fc1c(Br)cccc1CSc1nnc(CCc2nc3ccccc3[nH]2)o1. The van der Waals surface area contributed by atoms with Crippen molar-refractivity contribution in [2.24, 2.45) is 0 Å². The van der Waals surface area contributed by atoms with Crippen molar-refractivity contribution >= 4 is 38.7 Å². The van der Waals surface area contributed by atoms with Gasteiger partial charge in [0, 0.05) is 18.6 Å². The molecule has 0 aliphatic rings. The van der Waals surface area contributed by atoms with Gasteiger partial charge in [0.25, 0.3) is 5.22 Å². The second kappa shape index (κ2) is 7.59. The summed E-state index contributed by atoms with van der Waals surface area (Å²) in [5.41, 5.74) is 2.55. The molecule has 1 N–H and O–H groups in total. The number of aromatic nitrogens is 4. The topological polar surface area (TPSA) is 67.6 Å². The van der Waals surface area contributed by atoms with Crippen molar-refractivity contribution in [2.75, 3.05) is 0 Å². The Labute approximate surface area is 161 Å². The summed E-state index contributed by atoms with van der Waals surface area (Å²) in [6.45, 7) is 0. The van der Waals surface area contributed by atoms with Gasteiger partial charge >= 0.3 is 0 Å². The third-order valence-corrected chi connectivity index (χ3v) is 5.32. The Morgan fingerprint density at radius 1 is 1.08 bits per heavy atom. The fourth-order valence-electron chi connectivity index (χ4n) is 2.55. The summed E-state index contributed by atoms with van der Waals surface area (Å²) in [4.78, 5) is 7.81. The second-order valence-electron chi connectivity index (χ2n) is 5.66. The highest BCUT2D eigenvalue weighted by molar-refractivity contribution is 9.10. The van der Waals surface area contributed by atoms with Crippen LogP contribution in [-0.2, 0) is 18.6 Å². The normalized spacial score (nSPS) is 11.3. The zero-order valence-electron chi connectivity index (χ0n) is 13.6. The molecule has 4 rings (SSSR count). The molecule has 0 aliphatic heterocycles. The van der Waals surface area contributed by atoms with Crippen molar-refractivity contribution in [2.45, 2.75) is 23.8 Å². The number of thioether (sulfide) groups is 1. The molecule has 0 spiro atoms. The van der Waals surface area contributed by atoms with Crippen LogP contribution in [0.4, 0.5) is 4.39 Å². The molecule has 0 unspecified atom stereocenters. The molecule has 0 bridgehead atoms. The quantitative estimate of drug-likeness (QED) is 0.437. The monoisotopic (exact) mass is 432 g/mol. The van der Waals surface area contributed by atoms with E-state index in [1.54, 1.807) is 18.2 Å². The molecule has 26 heavy (non-hydrogen) atoms. The molecule has 0 radical (unpaired) electrons. The van der Waals surface area contributed by atoms with Crippen LogP contribution in [0.2, 0.25) is 0 Å². The van der Waals surface area contributed by atoms with Crippen LogP contribution in [-0.4, -0.2) is 20.2 Å². The second-order valence-corrected chi connectivity index (χ2v) is 7.44. The van der Waals surface area contributed by atoms with E-state index in [4.69, 9.17) is 4.42 Å². The van der Waals surface area contributed by atoms with E-state index in [-0.39, 0.29) is 5.82 Å². The Morgan fingerprint density at radius 3 is 2.85 bits per heavy atom. The lowest BCUT2D eigenvalue weighted by molar-refractivity contribution is 0.412. The molecular weight excluding hydrogens is 419 g/mol. The van der Waals surface area contributed by atoms with Crippen LogP contribution in [0.25, 0.3) is 11.0 Å². The van der Waals surface area contributed by atoms with Gasteiger partial charge in [0.15, 0.2) is 0 Å². The van der Waals surface area contributed by atoms with E-state index in [1.807, 2.05) is 24.3 Å². The zero-order chi connectivity index (χ0) is 17.9. The molecule has 2 heterocycles. The molecule has 2 aromatic carbocycles.